The molecule has 7 nitrogen and oxygen atoms in total. The summed E-state index contributed by atoms with van der Waals surface area (Å²) in [6.45, 7) is 4.81. The third-order valence-electron chi connectivity index (χ3n) is 7.83. The van der Waals surface area contributed by atoms with Gasteiger partial charge in [0.2, 0.25) is 11.8 Å². The Morgan fingerprint density at radius 1 is 0.721 bits per heavy atom. The molecule has 3 rings (SSSR count). The minimum atomic E-state index is -0.674. The van der Waals surface area contributed by atoms with Crippen molar-refractivity contribution >= 4 is 28.9 Å². The number of nitrogens with one attached hydrogen (secondary N) is 3. The van der Waals surface area contributed by atoms with Gasteiger partial charge in [-0.3, -0.25) is 14.4 Å². The monoisotopic (exact) mass is 587 g/mol. The van der Waals surface area contributed by atoms with Crippen molar-refractivity contribution in [3.8, 4) is 5.75 Å². The molecule has 232 valence electrons. The van der Waals surface area contributed by atoms with E-state index in [0.29, 0.717) is 36.4 Å². The van der Waals surface area contributed by atoms with Crippen LogP contribution in [0.4, 0.5) is 0 Å². The maximum atomic E-state index is 13.8. The van der Waals surface area contributed by atoms with E-state index < -0.39 is 6.04 Å². The summed E-state index contributed by atoms with van der Waals surface area (Å²) in [6.07, 6.45) is 14.0. The molecular formula is C36H49N3O4. The summed E-state index contributed by atoms with van der Waals surface area (Å²) in [6, 6.07) is 16.4. The van der Waals surface area contributed by atoms with Crippen molar-refractivity contribution in [2.24, 2.45) is 5.92 Å². The van der Waals surface area contributed by atoms with E-state index in [-0.39, 0.29) is 23.6 Å². The lowest BCUT2D eigenvalue weighted by Crippen LogP contribution is -2.50. The standard InChI is InChI=1S/C36H49N3O4/c1-27(2)34-36(42)37-25-15-10-8-6-4-5-7-9-14-18-33(40)38-26-30(28-16-12-11-13-17-28)21-24-32(35(41)39-34)29-19-22-31(43-3)23-20-29/h11-13,16-17,19-24,27,34H,4-10,14-15,18,25-26H2,1-3H3,(H,37,42)(H,38,40)(H,39,41)/b30-21+,32-24-/t34-/m0/s1. The zero-order valence-electron chi connectivity index (χ0n) is 26.1. The third kappa shape index (κ3) is 11.7. The Balaban J connectivity index is 1.95. The van der Waals surface area contributed by atoms with Crippen LogP contribution in [0.15, 0.2) is 66.7 Å². The van der Waals surface area contributed by atoms with E-state index in [9.17, 15) is 14.4 Å². The van der Waals surface area contributed by atoms with Crippen LogP contribution in [0.3, 0.4) is 0 Å². The second kappa shape index (κ2) is 18.6. The lowest BCUT2D eigenvalue weighted by atomic mass is 9.99. The molecule has 43 heavy (non-hydrogen) atoms. The Bertz CT molecular complexity index is 1220. The van der Waals surface area contributed by atoms with E-state index in [4.69, 9.17) is 4.74 Å². The fourth-order valence-electron chi connectivity index (χ4n) is 5.17. The molecule has 2 aromatic carbocycles. The minimum absolute atomic E-state index is 0.0307. The van der Waals surface area contributed by atoms with Crippen LogP contribution >= 0.6 is 0 Å². The lowest BCUT2D eigenvalue weighted by Gasteiger charge is -2.22. The van der Waals surface area contributed by atoms with Gasteiger partial charge in [-0.05, 0) is 53.7 Å². The van der Waals surface area contributed by atoms with Gasteiger partial charge in [-0.1, -0.05) is 107 Å². The van der Waals surface area contributed by atoms with Gasteiger partial charge in [-0.15, -0.1) is 0 Å². The van der Waals surface area contributed by atoms with E-state index in [1.165, 1.54) is 19.3 Å². The normalized spacial score (nSPS) is 21.8. The number of amides is 3. The molecule has 3 N–H and O–H groups in total. The van der Waals surface area contributed by atoms with Gasteiger partial charge in [0.05, 0.1) is 7.11 Å². The van der Waals surface area contributed by atoms with E-state index >= 15 is 0 Å². The summed E-state index contributed by atoms with van der Waals surface area (Å²) in [5.74, 6) is 0.106. The zero-order chi connectivity index (χ0) is 30.9. The van der Waals surface area contributed by atoms with Gasteiger partial charge in [0.25, 0.3) is 5.91 Å². The van der Waals surface area contributed by atoms with Crippen molar-refractivity contribution in [1.29, 1.82) is 0 Å². The highest BCUT2D eigenvalue weighted by Crippen LogP contribution is 2.22. The van der Waals surface area contributed by atoms with Crippen LogP contribution in [0.2, 0.25) is 0 Å². The van der Waals surface area contributed by atoms with Crippen LogP contribution in [-0.4, -0.2) is 44.0 Å². The summed E-state index contributed by atoms with van der Waals surface area (Å²) >= 11 is 0. The Labute approximate surface area is 257 Å². The second-order valence-corrected chi connectivity index (χ2v) is 11.6. The molecule has 3 amide bonds. The molecular weight excluding hydrogens is 538 g/mol. The highest BCUT2D eigenvalue weighted by molar-refractivity contribution is 6.20. The largest absolute Gasteiger partial charge is 0.497 e. The van der Waals surface area contributed by atoms with Crippen LogP contribution < -0.4 is 20.7 Å². The van der Waals surface area contributed by atoms with Gasteiger partial charge in [0.1, 0.15) is 11.8 Å². The number of allylic oxidation sites excluding steroid dienone is 2. The van der Waals surface area contributed by atoms with E-state index in [0.717, 1.165) is 49.7 Å². The summed E-state index contributed by atoms with van der Waals surface area (Å²) < 4.78 is 5.32. The van der Waals surface area contributed by atoms with Crippen LogP contribution in [-0.2, 0) is 14.4 Å². The molecule has 0 saturated carbocycles. The molecule has 2 aromatic rings. The smallest absolute Gasteiger partial charge is 0.252 e. The molecule has 1 atom stereocenters. The lowest BCUT2D eigenvalue weighted by molar-refractivity contribution is -0.127. The number of hydrogen-bond donors (Lipinski definition) is 3. The summed E-state index contributed by atoms with van der Waals surface area (Å²) in [5, 5.41) is 9.12. The van der Waals surface area contributed by atoms with E-state index in [2.05, 4.69) is 16.0 Å². The SMILES string of the molecule is COc1ccc(/C2=C/C=C(/c3ccccc3)CNC(=O)CCCCCCCCCCCNC(=O)[C@H](C(C)C)NC2=O)cc1. The first-order valence-corrected chi connectivity index (χ1v) is 15.8. The molecule has 0 unspecified atom stereocenters. The average Bonchev–Trinajstić information content (AvgIpc) is 3.01. The third-order valence-corrected chi connectivity index (χ3v) is 7.83. The fraction of sp³-hybridized carbons (Fsp3) is 0.472. The molecule has 1 aliphatic rings. The number of hydrogen-bond acceptors (Lipinski definition) is 4. The summed E-state index contributed by atoms with van der Waals surface area (Å²) in [7, 11) is 1.60. The van der Waals surface area contributed by atoms with Crippen molar-refractivity contribution in [1.82, 2.24) is 16.0 Å². The highest BCUT2D eigenvalue weighted by atomic mass is 16.5. The Kier molecular flexibility index (Phi) is 14.6. The van der Waals surface area contributed by atoms with Crippen LogP contribution in [0.1, 0.15) is 89.2 Å². The van der Waals surface area contributed by atoms with Crippen molar-refractivity contribution in [2.45, 2.75) is 84.1 Å². The number of methoxy groups -OCH3 is 1. The van der Waals surface area contributed by atoms with E-state index in [1.807, 2.05) is 74.5 Å². The molecule has 1 heterocycles. The average molecular weight is 588 g/mol. The molecule has 7 heteroatoms. The number of carbonyl (C=O) groups is 3. The first kappa shape index (κ1) is 33.6. The first-order valence-electron chi connectivity index (χ1n) is 15.8. The minimum Gasteiger partial charge on any atom is -0.497 e. The van der Waals surface area contributed by atoms with Crippen LogP contribution in [0.5, 0.6) is 5.75 Å². The summed E-state index contributed by atoms with van der Waals surface area (Å²) in [4.78, 5) is 39.7. The number of carbonyl (C=O) groups excluding carboxylic acids is 3. The topological polar surface area (TPSA) is 96.5 Å². The Hall–Kier alpha value is -3.87. The molecule has 0 fully saturated rings. The highest BCUT2D eigenvalue weighted by Gasteiger charge is 2.25. The van der Waals surface area contributed by atoms with Crippen molar-refractivity contribution < 1.29 is 19.1 Å². The zero-order valence-corrected chi connectivity index (χ0v) is 26.1. The quantitative estimate of drug-likeness (QED) is 0.383. The van der Waals surface area contributed by atoms with Crippen LogP contribution in [0.25, 0.3) is 11.1 Å². The van der Waals surface area contributed by atoms with Crippen molar-refractivity contribution in [3.63, 3.8) is 0 Å². The number of rotatable bonds is 4. The van der Waals surface area contributed by atoms with Gasteiger partial charge in [0.15, 0.2) is 0 Å². The second-order valence-electron chi connectivity index (χ2n) is 11.6. The maximum Gasteiger partial charge on any atom is 0.252 e. The summed E-state index contributed by atoms with van der Waals surface area (Å²) in [5.41, 5.74) is 2.95. The first-order chi connectivity index (χ1) is 20.9. The Morgan fingerprint density at radius 2 is 1.35 bits per heavy atom. The molecule has 0 bridgehead atoms. The van der Waals surface area contributed by atoms with Gasteiger partial charge in [-0.25, -0.2) is 0 Å². The molecule has 0 aliphatic carbocycles. The fourth-order valence-corrected chi connectivity index (χ4v) is 5.17. The Morgan fingerprint density at radius 3 is 1.98 bits per heavy atom. The number of benzene rings is 2. The van der Waals surface area contributed by atoms with Gasteiger partial charge < -0.3 is 20.7 Å². The van der Waals surface area contributed by atoms with Gasteiger partial charge in [0, 0.05) is 25.1 Å². The van der Waals surface area contributed by atoms with Gasteiger partial charge in [-0.2, -0.15) is 0 Å². The predicted octanol–water partition coefficient (Wildman–Crippen LogP) is 6.45. The van der Waals surface area contributed by atoms with Gasteiger partial charge >= 0.3 is 0 Å². The molecule has 0 radical (unpaired) electrons. The molecule has 0 spiro atoms. The maximum absolute atomic E-state index is 13.8. The molecule has 1 aliphatic heterocycles. The molecule has 0 saturated heterocycles. The molecule has 0 aromatic heterocycles. The predicted molar refractivity (Wildman–Crippen MR) is 174 cm³/mol. The van der Waals surface area contributed by atoms with E-state index in [1.54, 1.807) is 13.2 Å². The van der Waals surface area contributed by atoms with Crippen LogP contribution in [0, 0.1) is 5.92 Å². The van der Waals surface area contributed by atoms with Crippen molar-refractivity contribution in [3.05, 3.63) is 77.9 Å². The number of ether oxygens (including phenoxy) is 1. The van der Waals surface area contributed by atoms with Crippen molar-refractivity contribution in [2.75, 3.05) is 20.2 Å².